The van der Waals surface area contributed by atoms with Gasteiger partial charge in [0.1, 0.15) is 0 Å². The molecule has 110 valence electrons. The molecule has 0 radical (unpaired) electrons. The second kappa shape index (κ2) is 6.37. The third-order valence-corrected chi connectivity index (χ3v) is 4.54. The monoisotopic (exact) mass is 281 g/mol. The van der Waals surface area contributed by atoms with Crippen LogP contribution in [0.5, 0.6) is 0 Å². The Morgan fingerprint density at radius 3 is 3.00 bits per heavy atom. The van der Waals surface area contributed by atoms with Crippen molar-refractivity contribution in [1.82, 2.24) is 10.4 Å². The van der Waals surface area contributed by atoms with Crippen molar-refractivity contribution in [2.45, 2.75) is 44.6 Å². The number of nitrogens with one attached hydrogen (secondary N) is 1. The summed E-state index contributed by atoms with van der Waals surface area (Å²) in [6.07, 6.45) is 6.64. The fraction of sp³-hybridized carbons (Fsp3) is 0.389. The molecule has 3 heteroatoms. The highest BCUT2D eigenvalue weighted by Crippen LogP contribution is 2.37. The molecule has 2 aromatic rings. The van der Waals surface area contributed by atoms with Gasteiger partial charge in [-0.1, -0.05) is 24.3 Å². The van der Waals surface area contributed by atoms with E-state index in [4.69, 9.17) is 5.84 Å². The van der Waals surface area contributed by atoms with Gasteiger partial charge in [0.2, 0.25) is 0 Å². The fourth-order valence-corrected chi connectivity index (χ4v) is 3.47. The molecule has 3 rings (SSSR count). The molecule has 0 aliphatic heterocycles. The predicted molar refractivity (Wildman–Crippen MR) is 85.8 cm³/mol. The second-order valence-electron chi connectivity index (χ2n) is 5.97. The van der Waals surface area contributed by atoms with Crippen LogP contribution in [0, 0.1) is 6.92 Å². The molecule has 21 heavy (non-hydrogen) atoms. The molecule has 1 aliphatic carbocycles. The molecule has 0 spiro atoms. The molecule has 1 aromatic carbocycles. The van der Waals surface area contributed by atoms with E-state index in [9.17, 15) is 0 Å². The lowest BCUT2D eigenvalue weighted by molar-refractivity contribution is 0.425. The first-order chi connectivity index (χ1) is 10.3. The van der Waals surface area contributed by atoms with Crippen molar-refractivity contribution >= 4 is 0 Å². The third-order valence-electron chi connectivity index (χ3n) is 4.54. The normalized spacial score (nSPS) is 19.0. The van der Waals surface area contributed by atoms with Crippen LogP contribution >= 0.6 is 0 Å². The van der Waals surface area contributed by atoms with E-state index in [1.54, 1.807) is 0 Å². The quantitative estimate of drug-likeness (QED) is 0.667. The Morgan fingerprint density at radius 2 is 2.19 bits per heavy atom. The van der Waals surface area contributed by atoms with E-state index in [0.29, 0.717) is 5.92 Å². The molecule has 0 saturated heterocycles. The first-order valence-electron chi connectivity index (χ1n) is 7.74. The maximum Gasteiger partial charge on any atom is 0.0467 e. The molecular formula is C18H23N3. The summed E-state index contributed by atoms with van der Waals surface area (Å²) in [5, 5.41) is 0. The van der Waals surface area contributed by atoms with Gasteiger partial charge in [-0.3, -0.25) is 16.3 Å². The Morgan fingerprint density at radius 1 is 1.33 bits per heavy atom. The van der Waals surface area contributed by atoms with Gasteiger partial charge in [-0.05, 0) is 67.3 Å². The van der Waals surface area contributed by atoms with Crippen molar-refractivity contribution in [3.05, 3.63) is 65.0 Å². The van der Waals surface area contributed by atoms with Crippen LogP contribution in [0.3, 0.4) is 0 Å². The number of aromatic nitrogens is 1. The molecule has 0 fully saturated rings. The molecule has 3 nitrogen and oxygen atoms in total. The topological polar surface area (TPSA) is 50.9 Å². The van der Waals surface area contributed by atoms with Crippen LogP contribution in [-0.4, -0.2) is 4.98 Å². The number of hydrazine groups is 1. The first-order valence-corrected chi connectivity index (χ1v) is 7.74. The van der Waals surface area contributed by atoms with Gasteiger partial charge >= 0.3 is 0 Å². The van der Waals surface area contributed by atoms with Gasteiger partial charge in [0, 0.05) is 17.9 Å². The Balaban J connectivity index is 1.82. The van der Waals surface area contributed by atoms with E-state index >= 15 is 0 Å². The zero-order valence-corrected chi connectivity index (χ0v) is 12.5. The molecular weight excluding hydrogens is 258 g/mol. The fourth-order valence-electron chi connectivity index (χ4n) is 3.47. The number of aryl methyl sites for hydroxylation is 2. The maximum absolute atomic E-state index is 5.82. The Bertz CT molecular complexity index is 609. The van der Waals surface area contributed by atoms with Gasteiger partial charge in [0.05, 0.1) is 0 Å². The highest BCUT2D eigenvalue weighted by molar-refractivity contribution is 5.33. The molecule has 0 bridgehead atoms. The van der Waals surface area contributed by atoms with Gasteiger partial charge in [0.25, 0.3) is 0 Å². The van der Waals surface area contributed by atoms with Crippen molar-refractivity contribution in [2.24, 2.45) is 5.84 Å². The van der Waals surface area contributed by atoms with Crippen molar-refractivity contribution in [1.29, 1.82) is 0 Å². The van der Waals surface area contributed by atoms with Crippen LogP contribution in [0.2, 0.25) is 0 Å². The standard InChI is InChI=1S/C18H23N3/c1-13-11-16(9-10-20-13)18(21-19)12-15-7-4-6-14-5-2-3-8-17(14)15/h2-3,5,8-11,15,18,21H,4,6-7,12,19H2,1H3. The minimum absolute atomic E-state index is 0.183. The van der Waals surface area contributed by atoms with E-state index < -0.39 is 0 Å². The van der Waals surface area contributed by atoms with Gasteiger partial charge in [0.15, 0.2) is 0 Å². The Hall–Kier alpha value is -1.71. The number of pyridine rings is 1. The Labute approximate surface area is 126 Å². The molecule has 2 unspecified atom stereocenters. The molecule has 2 atom stereocenters. The van der Waals surface area contributed by atoms with Crippen LogP contribution in [0.15, 0.2) is 42.6 Å². The summed E-state index contributed by atoms with van der Waals surface area (Å²) in [4.78, 5) is 4.27. The summed E-state index contributed by atoms with van der Waals surface area (Å²) in [7, 11) is 0. The number of hydrogen-bond acceptors (Lipinski definition) is 3. The largest absolute Gasteiger partial charge is 0.271 e. The van der Waals surface area contributed by atoms with Crippen molar-refractivity contribution in [3.8, 4) is 0 Å². The van der Waals surface area contributed by atoms with E-state index in [2.05, 4.69) is 46.8 Å². The summed E-state index contributed by atoms with van der Waals surface area (Å²) in [6, 6.07) is 13.2. The summed E-state index contributed by atoms with van der Waals surface area (Å²) >= 11 is 0. The van der Waals surface area contributed by atoms with Gasteiger partial charge in [-0.15, -0.1) is 0 Å². The Kier molecular flexibility index (Phi) is 4.32. The minimum atomic E-state index is 0.183. The first kappa shape index (κ1) is 14.2. The van der Waals surface area contributed by atoms with E-state index in [1.807, 2.05) is 13.1 Å². The summed E-state index contributed by atoms with van der Waals surface area (Å²) in [5.74, 6) is 6.41. The lowest BCUT2D eigenvalue weighted by atomic mass is 9.79. The maximum atomic E-state index is 5.82. The molecule has 1 aliphatic rings. The summed E-state index contributed by atoms with van der Waals surface area (Å²) < 4.78 is 0. The molecule has 3 N–H and O–H groups in total. The van der Waals surface area contributed by atoms with E-state index in [0.717, 1.165) is 12.1 Å². The van der Waals surface area contributed by atoms with E-state index in [1.165, 1.54) is 36.0 Å². The average molecular weight is 281 g/mol. The van der Waals surface area contributed by atoms with Gasteiger partial charge in [-0.2, -0.15) is 0 Å². The van der Waals surface area contributed by atoms with Crippen molar-refractivity contribution in [3.63, 3.8) is 0 Å². The van der Waals surface area contributed by atoms with Gasteiger partial charge < -0.3 is 0 Å². The van der Waals surface area contributed by atoms with Crippen LogP contribution in [0.25, 0.3) is 0 Å². The number of fused-ring (bicyclic) bond motifs is 1. The average Bonchev–Trinajstić information content (AvgIpc) is 2.52. The minimum Gasteiger partial charge on any atom is -0.271 e. The van der Waals surface area contributed by atoms with Crippen LogP contribution in [0.4, 0.5) is 0 Å². The van der Waals surface area contributed by atoms with E-state index in [-0.39, 0.29) is 6.04 Å². The molecule has 1 heterocycles. The smallest absolute Gasteiger partial charge is 0.0467 e. The third kappa shape index (κ3) is 3.14. The number of hydrogen-bond donors (Lipinski definition) is 2. The van der Waals surface area contributed by atoms with Crippen LogP contribution in [0.1, 0.15) is 53.6 Å². The van der Waals surface area contributed by atoms with Crippen molar-refractivity contribution < 1.29 is 0 Å². The van der Waals surface area contributed by atoms with Crippen LogP contribution in [-0.2, 0) is 6.42 Å². The molecule has 0 amide bonds. The zero-order chi connectivity index (χ0) is 14.7. The number of benzene rings is 1. The van der Waals surface area contributed by atoms with Crippen molar-refractivity contribution in [2.75, 3.05) is 0 Å². The molecule has 1 aromatic heterocycles. The number of rotatable bonds is 4. The zero-order valence-electron chi connectivity index (χ0n) is 12.5. The highest BCUT2D eigenvalue weighted by Gasteiger charge is 2.23. The number of nitrogens with zero attached hydrogens (tertiary/aromatic N) is 1. The number of nitrogens with two attached hydrogens (primary N) is 1. The van der Waals surface area contributed by atoms with Gasteiger partial charge in [-0.25, -0.2) is 0 Å². The summed E-state index contributed by atoms with van der Waals surface area (Å²) in [5.41, 5.74) is 8.28. The lowest BCUT2D eigenvalue weighted by Gasteiger charge is -2.29. The second-order valence-corrected chi connectivity index (χ2v) is 5.97. The lowest BCUT2D eigenvalue weighted by Crippen LogP contribution is -2.30. The highest BCUT2D eigenvalue weighted by atomic mass is 15.2. The SMILES string of the molecule is Cc1cc(C(CC2CCCc3ccccc32)NN)ccn1. The summed E-state index contributed by atoms with van der Waals surface area (Å²) in [6.45, 7) is 2.02. The molecule has 0 saturated carbocycles. The van der Waals surface area contributed by atoms with Crippen LogP contribution < -0.4 is 11.3 Å². The predicted octanol–water partition coefficient (Wildman–Crippen LogP) is 3.40.